The first-order valence-corrected chi connectivity index (χ1v) is 8.18. The summed E-state index contributed by atoms with van der Waals surface area (Å²) in [5.74, 6) is 0.717. The number of hydrogen-bond acceptors (Lipinski definition) is 2. The summed E-state index contributed by atoms with van der Waals surface area (Å²) in [6, 6.07) is 8.85. The van der Waals surface area contributed by atoms with Crippen molar-refractivity contribution in [1.82, 2.24) is 15.1 Å². The molecule has 0 aliphatic heterocycles. The van der Waals surface area contributed by atoms with Gasteiger partial charge in [0.25, 0.3) is 0 Å². The molecule has 4 heteroatoms. The van der Waals surface area contributed by atoms with Gasteiger partial charge in [0.1, 0.15) is 0 Å². The van der Waals surface area contributed by atoms with Gasteiger partial charge in [-0.15, -0.1) is 0 Å². The van der Waals surface area contributed by atoms with Crippen LogP contribution >= 0.6 is 22.6 Å². The molecule has 0 fully saturated rings. The average Bonchev–Trinajstić information content (AvgIpc) is 2.82. The third-order valence-corrected chi connectivity index (χ3v) is 3.67. The van der Waals surface area contributed by atoms with Crippen molar-refractivity contribution in [2.24, 2.45) is 5.92 Å². The van der Waals surface area contributed by atoms with E-state index in [0.29, 0.717) is 5.92 Å². The van der Waals surface area contributed by atoms with Gasteiger partial charge < -0.3 is 5.32 Å². The Morgan fingerprint density at radius 3 is 2.50 bits per heavy atom. The predicted molar refractivity (Wildman–Crippen MR) is 91.9 cm³/mol. The molecule has 3 nitrogen and oxygen atoms in total. The first kappa shape index (κ1) is 15.5. The number of nitrogens with one attached hydrogen (secondary N) is 1. The van der Waals surface area contributed by atoms with Crippen LogP contribution in [0.5, 0.6) is 0 Å². The lowest BCUT2D eigenvalue weighted by Crippen LogP contribution is -2.22. The van der Waals surface area contributed by atoms with Crippen molar-refractivity contribution in [1.29, 1.82) is 0 Å². The summed E-state index contributed by atoms with van der Waals surface area (Å²) in [5, 5.41) is 7.79. The fourth-order valence-corrected chi connectivity index (χ4v) is 2.49. The molecule has 0 spiro atoms. The minimum absolute atomic E-state index is 0.717. The average molecular weight is 383 g/mol. The summed E-state index contributed by atoms with van der Waals surface area (Å²) in [6.45, 7) is 7.45. The Bertz CT molecular complexity index is 517. The van der Waals surface area contributed by atoms with E-state index < -0.39 is 0 Å². The highest BCUT2D eigenvalue weighted by Gasteiger charge is 1.99. The highest BCUT2D eigenvalue weighted by molar-refractivity contribution is 14.1. The van der Waals surface area contributed by atoms with Crippen molar-refractivity contribution in [2.45, 2.75) is 26.8 Å². The summed E-state index contributed by atoms with van der Waals surface area (Å²) >= 11 is 2.28. The Kier molecular flexibility index (Phi) is 6.04. The highest BCUT2D eigenvalue weighted by Crippen LogP contribution is 2.08. The fraction of sp³-hybridized carbons (Fsp3) is 0.438. The second-order valence-corrected chi connectivity index (χ2v) is 6.77. The molecule has 0 atom stereocenters. The smallest absolute Gasteiger partial charge is 0.0659 e. The lowest BCUT2D eigenvalue weighted by atomic mass is 10.1. The van der Waals surface area contributed by atoms with Crippen molar-refractivity contribution >= 4 is 22.6 Å². The molecule has 0 amide bonds. The Hall–Kier alpha value is -0.880. The van der Waals surface area contributed by atoms with E-state index in [4.69, 9.17) is 0 Å². The molecule has 0 unspecified atom stereocenters. The molecule has 1 aromatic carbocycles. The van der Waals surface area contributed by atoms with Gasteiger partial charge in [0, 0.05) is 6.20 Å². The molecule has 20 heavy (non-hydrogen) atoms. The molecule has 0 saturated carbocycles. The van der Waals surface area contributed by atoms with E-state index in [1.807, 2.05) is 10.9 Å². The van der Waals surface area contributed by atoms with Crippen LogP contribution in [-0.4, -0.2) is 22.9 Å². The van der Waals surface area contributed by atoms with Gasteiger partial charge in [-0.3, -0.25) is 4.68 Å². The van der Waals surface area contributed by atoms with Gasteiger partial charge >= 0.3 is 0 Å². The van der Waals surface area contributed by atoms with Crippen molar-refractivity contribution in [3.63, 3.8) is 0 Å². The lowest BCUT2D eigenvalue weighted by Gasteiger charge is -2.08. The molecule has 0 saturated heterocycles. The number of nitrogens with zero attached hydrogens (tertiary/aromatic N) is 2. The quantitative estimate of drug-likeness (QED) is 0.587. The normalized spacial score (nSPS) is 11.2. The van der Waals surface area contributed by atoms with Crippen molar-refractivity contribution in [2.75, 3.05) is 13.1 Å². The molecule has 0 bridgehead atoms. The van der Waals surface area contributed by atoms with Crippen molar-refractivity contribution < 1.29 is 0 Å². The molecule has 0 radical (unpaired) electrons. The van der Waals surface area contributed by atoms with Crippen LogP contribution in [0.25, 0.3) is 0 Å². The molecule has 1 heterocycles. The molecular weight excluding hydrogens is 361 g/mol. The molecule has 0 aliphatic carbocycles. The first-order valence-electron chi connectivity index (χ1n) is 7.10. The third kappa shape index (κ3) is 5.25. The van der Waals surface area contributed by atoms with Crippen LogP contribution in [0.3, 0.4) is 0 Å². The van der Waals surface area contributed by atoms with E-state index in [-0.39, 0.29) is 0 Å². The van der Waals surface area contributed by atoms with Crippen LogP contribution in [0.4, 0.5) is 0 Å². The predicted octanol–water partition coefficient (Wildman–Crippen LogP) is 3.32. The minimum Gasteiger partial charge on any atom is -0.316 e. The van der Waals surface area contributed by atoms with Gasteiger partial charge in [0.2, 0.25) is 0 Å². The van der Waals surface area contributed by atoms with Crippen molar-refractivity contribution in [3.05, 3.63) is 51.4 Å². The summed E-state index contributed by atoms with van der Waals surface area (Å²) < 4.78 is 3.15. The second-order valence-electron chi connectivity index (χ2n) is 5.52. The topological polar surface area (TPSA) is 29.9 Å². The standard InChI is InChI=1S/C16H22IN3/c1-13(2)9-18-8-7-14-3-5-15(6-4-14)11-20-12-16(17)10-19-20/h3-6,10,12-13,18H,7-9,11H2,1-2H3. The maximum atomic E-state index is 4.31. The van der Waals surface area contributed by atoms with Gasteiger partial charge in [0.05, 0.1) is 16.3 Å². The van der Waals surface area contributed by atoms with Gasteiger partial charge in [-0.05, 0) is 59.1 Å². The Morgan fingerprint density at radius 1 is 1.20 bits per heavy atom. The van der Waals surface area contributed by atoms with E-state index in [1.165, 1.54) is 14.7 Å². The summed E-state index contributed by atoms with van der Waals surface area (Å²) in [7, 11) is 0. The van der Waals surface area contributed by atoms with Gasteiger partial charge in [-0.2, -0.15) is 5.10 Å². The summed E-state index contributed by atoms with van der Waals surface area (Å²) in [6.07, 6.45) is 5.03. The fourth-order valence-electron chi connectivity index (χ4n) is 2.05. The lowest BCUT2D eigenvalue weighted by molar-refractivity contribution is 0.554. The van der Waals surface area contributed by atoms with Gasteiger partial charge in [0.15, 0.2) is 0 Å². The zero-order valence-electron chi connectivity index (χ0n) is 12.1. The maximum absolute atomic E-state index is 4.31. The van der Waals surface area contributed by atoms with Crippen LogP contribution in [0.2, 0.25) is 0 Å². The van der Waals surface area contributed by atoms with E-state index >= 15 is 0 Å². The number of halogens is 1. The minimum atomic E-state index is 0.717. The van der Waals surface area contributed by atoms with Crippen molar-refractivity contribution in [3.8, 4) is 0 Å². The number of rotatable bonds is 7. The van der Waals surface area contributed by atoms with Crippen LogP contribution in [0, 0.1) is 9.49 Å². The second kappa shape index (κ2) is 7.78. The zero-order chi connectivity index (χ0) is 14.4. The molecule has 2 rings (SSSR count). The van der Waals surface area contributed by atoms with Gasteiger partial charge in [-0.1, -0.05) is 38.1 Å². The van der Waals surface area contributed by atoms with E-state index in [0.717, 1.165) is 26.1 Å². The van der Waals surface area contributed by atoms with Crippen LogP contribution in [-0.2, 0) is 13.0 Å². The summed E-state index contributed by atoms with van der Waals surface area (Å²) in [4.78, 5) is 0. The maximum Gasteiger partial charge on any atom is 0.0659 e. The van der Waals surface area contributed by atoms with E-state index in [1.54, 1.807) is 0 Å². The van der Waals surface area contributed by atoms with Crippen LogP contribution in [0.15, 0.2) is 36.7 Å². The van der Waals surface area contributed by atoms with E-state index in [9.17, 15) is 0 Å². The molecule has 2 aromatic rings. The molecule has 1 aromatic heterocycles. The Balaban J connectivity index is 1.80. The number of benzene rings is 1. The SMILES string of the molecule is CC(C)CNCCc1ccc(Cn2cc(I)cn2)cc1. The molecule has 0 aliphatic rings. The van der Waals surface area contributed by atoms with Crippen LogP contribution < -0.4 is 5.32 Å². The molecule has 108 valence electrons. The largest absolute Gasteiger partial charge is 0.316 e. The first-order chi connectivity index (χ1) is 9.63. The third-order valence-electron chi connectivity index (χ3n) is 3.11. The van der Waals surface area contributed by atoms with Crippen LogP contribution in [0.1, 0.15) is 25.0 Å². The zero-order valence-corrected chi connectivity index (χ0v) is 14.3. The Labute approximate surface area is 134 Å². The molecule has 1 N–H and O–H groups in total. The monoisotopic (exact) mass is 383 g/mol. The molecular formula is C16H22IN3. The highest BCUT2D eigenvalue weighted by atomic mass is 127. The van der Waals surface area contributed by atoms with Gasteiger partial charge in [-0.25, -0.2) is 0 Å². The summed E-state index contributed by atoms with van der Waals surface area (Å²) in [5.41, 5.74) is 2.68. The van der Waals surface area contributed by atoms with E-state index in [2.05, 4.69) is 77.3 Å². The Morgan fingerprint density at radius 2 is 1.90 bits per heavy atom. The number of aromatic nitrogens is 2. The number of hydrogen-bond donors (Lipinski definition) is 1.